The first-order valence-corrected chi connectivity index (χ1v) is 8.79. The van der Waals surface area contributed by atoms with E-state index in [1.807, 2.05) is 24.0 Å². The highest BCUT2D eigenvalue weighted by Crippen LogP contribution is 2.23. The molecule has 1 aliphatic rings. The van der Waals surface area contributed by atoms with Gasteiger partial charge in [-0.25, -0.2) is 8.78 Å². The summed E-state index contributed by atoms with van der Waals surface area (Å²) in [5, 5.41) is 3.85. The molecular formula is C19H24F2N4O. The van der Waals surface area contributed by atoms with E-state index < -0.39 is 6.43 Å². The Bertz CT molecular complexity index is 790. The molecule has 1 unspecified atom stereocenters. The second-order valence-corrected chi connectivity index (χ2v) is 6.84. The molecule has 1 aromatic heterocycles. The number of halogens is 2. The van der Waals surface area contributed by atoms with Crippen LogP contribution >= 0.6 is 0 Å². The molecule has 1 fully saturated rings. The van der Waals surface area contributed by atoms with Crippen molar-refractivity contribution in [2.24, 2.45) is 0 Å². The van der Waals surface area contributed by atoms with Crippen LogP contribution in [-0.4, -0.2) is 46.3 Å². The Kier molecular flexibility index (Phi) is 5.25. The number of hydrogen-bond acceptors (Lipinski definition) is 3. The Morgan fingerprint density at radius 2 is 2.00 bits per heavy atom. The summed E-state index contributed by atoms with van der Waals surface area (Å²) >= 11 is 0. The first kappa shape index (κ1) is 18.4. The van der Waals surface area contributed by atoms with E-state index in [0.29, 0.717) is 12.2 Å². The van der Waals surface area contributed by atoms with Crippen molar-refractivity contribution in [3.8, 4) is 0 Å². The van der Waals surface area contributed by atoms with E-state index in [1.165, 1.54) is 22.0 Å². The molecule has 0 aliphatic carbocycles. The molecule has 1 amide bonds. The van der Waals surface area contributed by atoms with Gasteiger partial charge in [0.2, 0.25) is 5.91 Å². The zero-order valence-corrected chi connectivity index (χ0v) is 15.3. The molecule has 0 bridgehead atoms. The molecule has 7 heteroatoms. The van der Waals surface area contributed by atoms with Gasteiger partial charge in [-0.3, -0.25) is 9.48 Å². The molecule has 0 spiro atoms. The number of carbonyl (C=O) groups is 1. The highest BCUT2D eigenvalue weighted by molar-refractivity contribution is 5.76. The molecule has 26 heavy (non-hydrogen) atoms. The third-order valence-electron chi connectivity index (χ3n) is 4.91. The van der Waals surface area contributed by atoms with Gasteiger partial charge in [0.05, 0.1) is 0 Å². The summed E-state index contributed by atoms with van der Waals surface area (Å²) in [6.07, 6.45) is -2.62. The highest BCUT2D eigenvalue weighted by atomic mass is 19.3. The van der Waals surface area contributed by atoms with Crippen molar-refractivity contribution in [1.82, 2.24) is 14.7 Å². The van der Waals surface area contributed by atoms with Crippen molar-refractivity contribution in [2.75, 3.05) is 24.5 Å². The second-order valence-electron chi connectivity index (χ2n) is 6.84. The predicted molar refractivity (Wildman–Crippen MR) is 96.5 cm³/mol. The highest BCUT2D eigenvalue weighted by Gasteiger charge is 2.28. The van der Waals surface area contributed by atoms with Crippen LogP contribution in [0, 0.1) is 13.8 Å². The van der Waals surface area contributed by atoms with E-state index in [0.717, 1.165) is 13.1 Å². The Hall–Kier alpha value is -2.44. The molecule has 5 nitrogen and oxygen atoms in total. The van der Waals surface area contributed by atoms with E-state index in [9.17, 15) is 13.6 Å². The van der Waals surface area contributed by atoms with Crippen molar-refractivity contribution in [3.05, 3.63) is 47.3 Å². The SMILES string of the molecule is Cc1ccccc1N1CCN(C(=O)Cn2nc(C(F)F)cc2C)C(C)C1. The maximum Gasteiger partial charge on any atom is 0.282 e. The lowest BCUT2D eigenvalue weighted by Crippen LogP contribution is -2.55. The number of hydrogen-bond donors (Lipinski definition) is 0. The summed E-state index contributed by atoms with van der Waals surface area (Å²) in [6.45, 7) is 7.88. The number of piperazine rings is 1. The fraction of sp³-hybridized carbons (Fsp3) is 0.474. The summed E-state index contributed by atoms with van der Waals surface area (Å²) in [5.41, 5.74) is 2.69. The number of para-hydroxylation sites is 1. The number of nitrogens with zero attached hydrogens (tertiary/aromatic N) is 4. The Labute approximate surface area is 152 Å². The topological polar surface area (TPSA) is 41.4 Å². The fourth-order valence-corrected chi connectivity index (χ4v) is 3.49. The number of amides is 1. The molecule has 1 atom stereocenters. The maximum atomic E-state index is 12.8. The molecule has 2 heterocycles. The molecule has 1 aliphatic heterocycles. The van der Waals surface area contributed by atoms with E-state index in [1.54, 1.807) is 6.92 Å². The minimum atomic E-state index is -2.62. The molecule has 0 radical (unpaired) electrons. The van der Waals surface area contributed by atoms with Gasteiger partial charge < -0.3 is 9.80 Å². The van der Waals surface area contributed by atoms with Crippen LogP contribution in [0.1, 0.15) is 30.3 Å². The Morgan fingerprint density at radius 1 is 1.27 bits per heavy atom. The van der Waals surface area contributed by atoms with Crippen LogP contribution in [0.2, 0.25) is 0 Å². The van der Waals surface area contributed by atoms with Crippen LogP contribution in [0.25, 0.3) is 0 Å². The van der Waals surface area contributed by atoms with Crippen molar-refractivity contribution in [2.45, 2.75) is 39.8 Å². The third kappa shape index (κ3) is 3.71. The summed E-state index contributed by atoms with van der Waals surface area (Å²) in [4.78, 5) is 16.8. The largest absolute Gasteiger partial charge is 0.367 e. The lowest BCUT2D eigenvalue weighted by atomic mass is 10.1. The Balaban J connectivity index is 1.66. The summed E-state index contributed by atoms with van der Waals surface area (Å²) in [5.74, 6) is -0.0889. The van der Waals surface area contributed by atoms with E-state index in [4.69, 9.17) is 0 Å². The van der Waals surface area contributed by atoms with Crippen molar-refractivity contribution < 1.29 is 13.6 Å². The van der Waals surface area contributed by atoms with Crippen LogP contribution < -0.4 is 4.90 Å². The first-order chi connectivity index (χ1) is 12.4. The second kappa shape index (κ2) is 7.43. The molecule has 1 saturated heterocycles. The molecule has 0 saturated carbocycles. The van der Waals surface area contributed by atoms with Gasteiger partial charge in [0.1, 0.15) is 12.2 Å². The van der Waals surface area contributed by atoms with Gasteiger partial charge in [-0.1, -0.05) is 18.2 Å². The maximum absolute atomic E-state index is 12.8. The minimum absolute atomic E-state index is 0.00669. The van der Waals surface area contributed by atoms with Gasteiger partial charge in [0, 0.05) is 37.1 Å². The smallest absolute Gasteiger partial charge is 0.282 e. The normalized spacial score (nSPS) is 17.8. The van der Waals surface area contributed by atoms with Gasteiger partial charge in [-0.05, 0) is 38.5 Å². The summed E-state index contributed by atoms with van der Waals surface area (Å²) in [6, 6.07) is 9.59. The van der Waals surface area contributed by atoms with Gasteiger partial charge >= 0.3 is 0 Å². The van der Waals surface area contributed by atoms with Crippen LogP contribution in [0.3, 0.4) is 0 Å². The summed E-state index contributed by atoms with van der Waals surface area (Å²) in [7, 11) is 0. The number of rotatable bonds is 4. The third-order valence-corrected chi connectivity index (χ3v) is 4.91. The molecule has 0 N–H and O–H groups in total. The quantitative estimate of drug-likeness (QED) is 0.839. The van der Waals surface area contributed by atoms with Crippen molar-refractivity contribution in [1.29, 1.82) is 0 Å². The Morgan fingerprint density at radius 3 is 2.62 bits per heavy atom. The lowest BCUT2D eigenvalue weighted by molar-refractivity contribution is -0.134. The van der Waals surface area contributed by atoms with Gasteiger partial charge in [-0.15, -0.1) is 0 Å². The van der Waals surface area contributed by atoms with Crippen molar-refractivity contribution in [3.63, 3.8) is 0 Å². The van der Waals surface area contributed by atoms with E-state index >= 15 is 0 Å². The molecule has 2 aromatic rings. The number of anilines is 1. The zero-order chi connectivity index (χ0) is 18.8. The van der Waals surface area contributed by atoms with Gasteiger partial charge in [0.15, 0.2) is 0 Å². The van der Waals surface area contributed by atoms with E-state index in [2.05, 4.69) is 29.1 Å². The molecular weight excluding hydrogens is 338 g/mol. The van der Waals surface area contributed by atoms with Crippen molar-refractivity contribution >= 4 is 11.6 Å². The van der Waals surface area contributed by atoms with Crippen LogP contribution in [-0.2, 0) is 11.3 Å². The number of alkyl halides is 2. The first-order valence-electron chi connectivity index (χ1n) is 8.79. The van der Waals surface area contributed by atoms with Gasteiger partial charge in [-0.2, -0.15) is 5.10 Å². The van der Waals surface area contributed by atoms with Gasteiger partial charge in [0.25, 0.3) is 6.43 Å². The van der Waals surface area contributed by atoms with E-state index in [-0.39, 0.29) is 24.2 Å². The average Bonchev–Trinajstić information content (AvgIpc) is 2.96. The number of aromatic nitrogens is 2. The lowest BCUT2D eigenvalue weighted by Gasteiger charge is -2.41. The fourth-order valence-electron chi connectivity index (χ4n) is 3.49. The number of benzene rings is 1. The standard InChI is InChI=1S/C19H24F2N4O/c1-13-6-4-5-7-17(13)23-8-9-24(15(3)11-23)18(26)12-25-14(2)10-16(22-25)19(20)21/h4-7,10,15,19H,8-9,11-12H2,1-3H3. The molecule has 3 rings (SSSR count). The van der Waals surface area contributed by atoms with Crippen LogP contribution in [0.5, 0.6) is 0 Å². The number of carbonyl (C=O) groups excluding carboxylic acids is 1. The predicted octanol–water partition coefficient (Wildman–Crippen LogP) is 3.17. The number of aryl methyl sites for hydroxylation is 2. The minimum Gasteiger partial charge on any atom is -0.367 e. The zero-order valence-electron chi connectivity index (χ0n) is 15.3. The van der Waals surface area contributed by atoms with Crippen LogP contribution in [0.15, 0.2) is 30.3 Å². The van der Waals surface area contributed by atoms with Crippen LogP contribution in [0.4, 0.5) is 14.5 Å². The molecule has 1 aromatic carbocycles. The monoisotopic (exact) mass is 362 g/mol. The molecule has 140 valence electrons. The average molecular weight is 362 g/mol. The summed E-state index contributed by atoms with van der Waals surface area (Å²) < 4.78 is 26.9.